The highest BCUT2D eigenvalue weighted by molar-refractivity contribution is 5.84. The number of hydrogen-bond acceptors (Lipinski definition) is 4. The summed E-state index contributed by atoms with van der Waals surface area (Å²) in [6.07, 6.45) is 0. The molecule has 23 heavy (non-hydrogen) atoms. The molecule has 0 saturated carbocycles. The molecule has 1 aromatic heterocycles. The number of carbonyl (C=O) groups is 1. The van der Waals surface area contributed by atoms with Gasteiger partial charge >= 0.3 is 0 Å². The van der Waals surface area contributed by atoms with Crippen molar-refractivity contribution in [3.8, 4) is 0 Å². The van der Waals surface area contributed by atoms with E-state index in [4.69, 9.17) is 4.42 Å². The van der Waals surface area contributed by atoms with Gasteiger partial charge in [0.25, 0.3) is 0 Å². The van der Waals surface area contributed by atoms with Gasteiger partial charge in [-0.25, -0.2) is 0 Å². The molecule has 2 saturated heterocycles. The fourth-order valence-corrected chi connectivity index (χ4v) is 3.64. The molecule has 2 aliphatic heterocycles. The Morgan fingerprint density at radius 3 is 3.04 bits per heavy atom. The topological polar surface area (TPSA) is 48.7 Å². The first-order valence-electron chi connectivity index (χ1n) is 8.05. The average Bonchev–Trinajstić information content (AvgIpc) is 2.87. The van der Waals surface area contributed by atoms with Gasteiger partial charge in [0.15, 0.2) is 0 Å². The Morgan fingerprint density at radius 2 is 2.17 bits per heavy atom. The van der Waals surface area contributed by atoms with E-state index >= 15 is 0 Å². The molecule has 0 spiro atoms. The molecule has 0 radical (unpaired) electrons. The van der Waals surface area contributed by atoms with Gasteiger partial charge in [-0.1, -0.05) is 24.8 Å². The van der Waals surface area contributed by atoms with E-state index in [2.05, 4.69) is 27.8 Å². The Morgan fingerprint density at radius 1 is 1.35 bits per heavy atom. The van der Waals surface area contributed by atoms with Crippen molar-refractivity contribution in [2.24, 2.45) is 0 Å². The van der Waals surface area contributed by atoms with Crippen molar-refractivity contribution in [1.29, 1.82) is 0 Å². The summed E-state index contributed by atoms with van der Waals surface area (Å²) in [7, 11) is 0. The molecule has 1 amide bonds. The monoisotopic (exact) mass is 311 g/mol. The van der Waals surface area contributed by atoms with Gasteiger partial charge in [0.1, 0.15) is 17.4 Å². The number of benzene rings is 1. The van der Waals surface area contributed by atoms with Gasteiger partial charge in [-0.15, -0.1) is 0 Å². The highest BCUT2D eigenvalue weighted by Crippen LogP contribution is 2.28. The SMILES string of the molecule is C=C1CNC(=O)C2CN(Cc3c(C)oc4ccccc34)CCN12. The normalized spacial score (nSPS) is 22.3. The number of rotatable bonds is 2. The highest BCUT2D eigenvalue weighted by atomic mass is 16.3. The van der Waals surface area contributed by atoms with Gasteiger partial charge in [-0.2, -0.15) is 0 Å². The Kier molecular flexibility index (Phi) is 3.38. The van der Waals surface area contributed by atoms with Gasteiger partial charge in [-0.05, 0) is 13.0 Å². The number of para-hydroxylation sites is 1. The van der Waals surface area contributed by atoms with Crippen LogP contribution in [0.4, 0.5) is 0 Å². The van der Waals surface area contributed by atoms with E-state index in [9.17, 15) is 4.79 Å². The number of nitrogens with zero attached hydrogens (tertiary/aromatic N) is 2. The zero-order valence-corrected chi connectivity index (χ0v) is 13.3. The number of furan rings is 1. The van der Waals surface area contributed by atoms with Crippen LogP contribution in [-0.2, 0) is 11.3 Å². The number of piperazine rings is 2. The van der Waals surface area contributed by atoms with Crippen LogP contribution in [-0.4, -0.2) is 47.9 Å². The summed E-state index contributed by atoms with van der Waals surface area (Å²) >= 11 is 0. The maximum absolute atomic E-state index is 12.2. The van der Waals surface area contributed by atoms with Crippen LogP contribution in [0.2, 0.25) is 0 Å². The molecule has 5 nitrogen and oxygen atoms in total. The van der Waals surface area contributed by atoms with Crippen molar-refractivity contribution in [3.05, 3.63) is 47.9 Å². The van der Waals surface area contributed by atoms with Crippen molar-refractivity contribution in [3.63, 3.8) is 0 Å². The predicted octanol–water partition coefficient (Wildman–Crippen LogP) is 1.87. The van der Waals surface area contributed by atoms with E-state index in [0.717, 1.165) is 43.2 Å². The first-order chi connectivity index (χ1) is 11.1. The maximum atomic E-state index is 12.2. The van der Waals surface area contributed by atoms with Crippen molar-refractivity contribution in [2.45, 2.75) is 19.5 Å². The van der Waals surface area contributed by atoms with Gasteiger partial charge in [-0.3, -0.25) is 9.69 Å². The highest BCUT2D eigenvalue weighted by Gasteiger charge is 2.36. The fraction of sp³-hybridized carbons (Fsp3) is 0.389. The lowest BCUT2D eigenvalue weighted by Crippen LogP contribution is -2.62. The minimum Gasteiger partial charge on any atom is -0.461 e. The Hall–Kier alpha value is -2.27. The molecular formula is C18H21N3O2. The predicted molar refractivity (Wildman–Crippen MR) is 88.9 cm³/mol. The van der Waals surface area contributed by atoms with E-state index in [-0.39, 0.29) is 11.9 Å². The summed E-state index contributed by atoms with van der Waals surface area (Å²) in [6.45, 7) is 9.97. The molecule has 2 aliphatic rings. The van der Waals surface area contributed by atoms with Crippen LogP contribution in [0.15, 0.2) is 41.0 Å². The molecule has 4 rings (SSSR count). The summed E-state index contributed by atoms with van der Waals surface area (Å²) in [6, 6.07) is 8.02. The van der Waals surface area contributed by atoms with E-state index in [1.807, 2.05) is 25.1 Å². The number of fused-ring (bicyclic) bond motifs is 2. The number of hydrogen-bond donors (Lipinski definition) is 1. The second-order valence-electron chi connectivity index (χ2n) is 6.36. The molecular weight excluding hydrogens is 290 g/mol. The van der Waals surface area contributed by atoms with Gasteiger partial charge < -0.3 is 14.6 Å². The van der Waals surface area contributed by atoms with Gasteiger partial charge in [0.2, 0.25) is 5.91 Å². The summed E-state index contributed by atoms with van der Waals surface area (Å²) in [5.41, 5.74) is 3.17. The van der Waals surface area contributed by atoms with Crippen molar-refractivity contribution in [1.82, 2.24) is 15.1 Å². The van der Waals surface area contributed by atoms with Crippen LogP contribution in [0.25, 0.3) is 11.0 Å². The van der Waals surface area contributed by atoms with Crippen molar-refractivity contribution < 1.29 is 9.21 Å². The minimum absolute atomic E-state index is 0.107. The Balaban J connectivity index is 1.56. The summed E-state index contributed by atoms with van der Waals surface area (Å²) < 4.78 is 5.85. The molecule has 1 aromatic carbocycles. The second kappa shape index (κ2) is 5.42. The third-order valence-electron chi connectivity index (χ3n) is 4.92. The molecule has 2 aromatic rings. The Labute approximate surface area is 135 Å². The van der Waals surface area contributed by atoms with Crippen LogP contribution in [0, 0.1) is 6.92 Å². The average molecular weight is 311 g/mol. The van der Waals surface area contributed by atoms with Gasteiger partial charge in [0, 0.05) is 42.8 Å². The zero-order valence-electron chi connectivity index (χ0n) is 13.3. The van der Waals surface area contributed by atoms with Crippen LogP contribution >= 0.6 is 0 Å². The Bertz CT molecular complexity index is 780. The minimum atomic E-state index is -0.122. The number of amides is 1. The molecule has 5 heteroatoms. The van der Waals surface area contributed by atoms with Crippen LogP contribution < -0.4 is 5.32 Å². The molecule has 120 valence electrons. The summed E-state index contributed by atoms with van der Waals surface area (Å²) in [5, 5.41) is 4.10. The first-order valence-corrected chi connectivity index (χ1v) is 8.05. The molecule has 0 aliphatic carbocycles. The molecule has 0 bridgehead atoms. The smallest absolute Gasteiger partial charge is 0.244 e. The van der Waals surface area contributed by atoms with E-state index in [1.165, 1.54) is 10.9 Å². The van der Waals surface area contributed by atoms with Crippen molar-refractivity contribution in [2.75, 3.05) is 26.2 Å². The summed E-state index contributed by atoms with van der Waals surface area (Å²) in [5.74, 6) is 1.07. The lowest BCUT2D eigenvalue weighted by atomic mass is 10.1. The molecule has 1 N–H and O–H groups in total. The second-order valence-corrected chi connectivity index (χ2v) is 6.36. The number of nitrogens with one attached hydrogen (secondary N) is 1. The molecule has 1 atom stereocenters. The third kappa shape index (κ3) is 2.41. The molecule has 1 unspecified atom stereocenters. The maximum Gasteiger partial charge on any atom is 0.244 e. The summed E-state index contributed by atoms with van der Waals surface area (Å²) in [4.78, 5) is 16.6. The quantitative estimate of drug-likeness (QED) is 0.920. The molecule has 3 heterocycles. The van der Waals surface area contributed by atoms with E-state index in [0.29, 0.717) is 6.54 Å². The van der Waals surface area contributed by atoms with Crippen LogP contribution in [0.1, 0.15) is 11.3 Å². The van der Waals surface area contributed by atoms with Crippen LogP contribution in [0.5, 0.6) is 0 Å². The van der Waals surface area contributed by atoms with Gasteiger partial charge in [0.05, 0.1) is 6.54 Å². The van der Waals surface area contributed by atoms with Crippen molar-refractivity contribution >= 4 is 16.9 Å². The third-order valence-corrected chi connectivity index (χ3v) is 4.92. The van der Waals surface area contributed by atoms with E-state index < -0.39 is 0 Å². The lowest BCUT2D eigenvalue weighted by molar-refractivity contribution is -0.130. The first kappa shape index (κ1) is 14.3. The number of aryl methyl sites for hydroxylation is 1. The van der Waals surface area contributed by atoms with Crippen LogP contribution in [0.3, 0.4) is 0 Å². The standard InChI is InChI=1S/C18H21N3O2/c1-12-9-19-18(22)16-11-20(7-8-21(12)16)10-15-13(2)23-17-6-4-3-5-14(15)17/h3-6,16H,1,7-11H2,2H3,(H,19,22). The molecule has 2 fully saturated rings. The largest absolute Gasteiger partial charge is 0.461 e. The number of carbonyl (C=O) groups excluding carboxylic acids is 1. The van der Waals surface area contributed by atoms with E-state index in [1.54, 1.807) is 0 Å². The fourth-order valence-electron chi connectivity index (χ4n) is 3.64. The lowest BCUT2D eigenvalue weighted by Gasteiger charge is -2.45. The zero-order chi connectivity index (χ0) is 16.0.